The third-order valence-electron chi connectivity index (χ3n) is 3.12. The molecule has 1 aromatic carbocycles. The van der Waals surface area contributed by atoms with E-state index in [2.05, 4.69) is 6.92 Å². The van der Waals surface area contributed by atoms with E-state index in [-0.39, 0.29) is 11.9 Å². The van der Waals surface area contributed by atoms with Gasteiger partial charge in [0, 0.05) is 0 Å². The maximum atomic E-state index is 11.8. The Bertz CT molecular complexity index is 332. The second-order valence-corrected chi connectivity index (χ2v) is 4.84. The molecular formula is C16H24O2. The lowest BCUT2D eigenvalue weighted by Gasteiger charge is -2.11. The van der Waals surface area contributed by atoms with Gasteiger partial charge in [0.05, 0.1) is 5.92 Å². The highest BCUT2D eigenvalue weighted by molar-refractivity contribution is 5.71. The van der Waals surface area contributed by atoms with Crippen LogP contribution in [0.4, 0.5) is 0 Å². The summed E-state index contributed by atoms with van der Waals surface area (Å²) in [6, 6.07) is 9.81. The molecule has 0 aliphatic carbocycles. The van der Waals surface area contributed by atoms with Crippen molar-refractivity contribution in [2.45, 2.75) is 52.6 Å². The summed E-state index contributed by atoms with van der Waals surface area (Å²) in [6.45, 7) is 4.54. The van der Waals surface area contributed by atoms with E-state index in [4.69, 9.17) is 4.74 Å². The van der Waals surface area contributed by atoms with Gasteiger partial charge in [-0.05, 0) is 12.0 Å². The molecule has 1 atom stereocenters. The first-order valence-electron chi connectivity index (χ1n) is 6.94. The molecule has 0 fully saturated rings. The summed E-state index contributed by atoms with van der Waals surface area (Å²) in [5.74, 6) is -0.0547. The summed E-state index contributed by atoms with van der Waals surface area (Å²) < 4.78 is 5.31. The van der Waals surface area contributed by atoms with Crippen LogP contribution in [-0.4, -0.2) is 5.97 Å². The van der Waals surface area contributed by atoms with Crippen molar-refractivity contribution in [2.24, 2.45) is 5.92 Å². The van der Waals surface area contributed by atoms with Crippen molar-refractivity contribution in [1.82, 2.24) is 0 Å². The fourth-order valence-corrected chi connectivity index (χ4v) is 1.87. The Balaban J connectivity index is 2.19. The van der Waals surface area contributed by atoms with Gasteiger partial charge in [-0.25, -0.2) is 0 Å². The van der Waals surface area contributed by atoms with E-state index >= 15 is 0 Å². The molecule has 0 aromatic heterocycles. The summed E-state index contributed by atoms with van der Waals surface area (Å²) >= 11 is 0. The molecule has 0 N–H and O–H groups in total. The lowest BCUT2D eigenvalue weighted by Crippen LogP contribution is -2.14. The maximum absolute atomic E-state index is 11.8. The Morgan fingerprint density at radius 1 is 1.17 bits per heavy atom. The highest BCUT2D eigenvalue weighted by Gasteiger charge is 2.13. The second-order valence-electron chi connectivity index (χ2n) is 4.84. The number of hydrogen-bond acceptors (Lipinski definition) is 2. The number of ether oxygens (including phenoxy) is 1. The van der Waals surface area contributed by atoms with Crippen LogP contribution < -0.4 is 0 Å². The van der Waals surface area contributed by atoms with Gasteiger partial charge in [-0.1, -0.05) is 69.9 Å². The molecule has 0 unspecified atom stereocenters. The first-order chi connectivity index (χ1) is 8.74. The van der Waals surface area contributed by atoms with E-state index in [9.17, 15) is 4.79 Å². The molecule has 100 valence electrons. The average molecular weight is 248 g/mol. The minimum Gasteiger partial charge on any atom is -0.461 e. The number of carbonyl (C=O) groups excluding carboxylic acids is 1. The molecule has 2 nitrogen and oxygen atoms in total. The van der Waals surface area contributed by atoms with Crippen LogP contribution in [0.15, 0.2) is 30.3 Å². The first kappa shape index (κ1) is 14.7. The molecule has 2 heteroatoms. The van der Waals surface area contributed by atoms with Crippen LogP contribution >= 0.6 is 0 Å². The number of unbranched alkanes of at least 4 members (excludes halogenated alkanes) is 3. The van der Waals surface area contributed by atoms with Crippen molar-refractivity contribution >= 4 is 5.97 Å². The van der Waals surface area contributed by atoms with Gasteiger partial charge in [0.2, 0.25) is 0 Å². The van der Waals surface area contributed by atoms with E-state index < -0.39 is 0 Å². The van der Waals surface area contributed by atoms with Crippen molar-refractivity contribution in [1.29, 1.82) is 0 Å². The van der Waals surface area contributed by atoms with Crippen molar-refractivity contribution in [3.8, 4) is 0 Å². The molecule has 0 aliphatic heterocycles. The summed E-state index contributed by atoms with van der Waals surface area (Å²) in [7, 11) is 0. The van der Waals surface area contributed by atoms with Gasteiger partial charge in [0.25, 0.3) is 0 Å². The van der Waals surface area contributed by atoms with Crippen molar-refractivity contribution in [2.75, 3.05) is 0 Å². The fourth-order valence-electron chi connectivity index (χ4n) is 1.87. The molecule has 0 radical (unpaired) electrons. The van der Waals surface area contributed by atoms with Gasteiger partial charge in [0.1, 0.15) is 6.61 Å². The Morgan fingerprint density at radius 2 is 1.89 bits per heavy atom. The van der Waals surface area contributed by atoms with Gasteiger partial charge in [-0.3, -0.25) is 4.79 Å². The van der Waals surface area contributed by atoms with Gasteiger partial charge >= 0.3 is 5.97 Å². The zero-order valence-corrected chi connectivity index (χ0v) is 11.5. The molecule has 1 aromatic rings. The van der Waals surface area contributed by atoms with Crippen molar-refractivity contribution in [3.05, 3.63) is 35.9 Å². The van der Waals surface area contributed by atoms with Crippen LogP contribution in [0.1, 0.15) is 51.5 Å². The third kappa shape index (κ3) is 5.85. The van der Waals surface area contributed by atoms with Crippen LogP contribution in [0.5, 0.6) is 0 Å². The number of esters is 1. The molecule has 0 aliphatic rings. The van der Waals surface area contributed by atoms with Gasteiger partial charge in [0.15, 0.2) is 0 Å². The maximum Gasteiger partial charge on any atom is 0.308 e. The Hall–Kier alpha value is -1.31. The van der Waals surface area contributed by atoms with E-state index in [1.54, 1.807) is 0 Å². The molecule has 0 spiro atoms. The lowest BCUT2D eigenvalue weighted by atomic mass is 10.0. The number of carbonyl (C=O) groups is 1. The van der Waals surface area contributed by atoms with Crippen LogP contribution in [0.2, 0.25) is 0 Å². The topological polar surface area (TPSA) is 26.3 Å². The summed E-state index contributed by atoms with van der Waals surface area (Å²) in [6.07, 6.45) is 5.76. The predicted molar refractivity (Wildman–Crippen MR) is 74.2 cm³/mol. The molecule has 0 saturated carbocycles. The minimum atomic E-state index is -0.0737. The minimum absolute atomic E-state index is 0.0190. The summed E-state index contributed by atoms with van der Waals surface area (Å²) in [5, 5.41) is 0. The SMILES string of the molecule is CCCCCC[C@@H](C)C(=O)OCc1ccccc1. The fraction of sp³-hybridized carbons (Fsp3) is 0.562. The van der Waals surface area contributed by atoms with E-state index in [0.29, 0.717) is 6.61 Å². The highest BCUT2D eigenvalue weighted by atomic mass is 16.5. The number of hydrogen-bond donors (Lipinski definition) is 0. The lowest BCUT2D eigenvalue weighted by molar-refractivity contribution is -0.149. The monoisotopic (exact) mass is 248 g/mol. The Labute approximate surface area is 110 Å². The molecule has 1 rings (SSSR count). The average Bonchev–Trinajstić information content (AvgIpc) is 2.42. The normalized spacial score (nSPS) is 12.1. The second kappa shape index (κ2) is 8.73. The Morgan fingerprint density at radius 3 is 2.56 bits per heavy atom. The van der Waals surface area contributed by atoms with Crippen LogP contribution in [0.3, 0.4) is 0 Å². The van der Waals surface area contributed by atoms with Crippen molar-refractivity contribution < 1.29 is 9.53 Å². The van der Waals surface area contributed by atoms with E-state index in [1.165, 1.54) is 19.3 Å². The van der Waals surface area contributed by atoms with E-state index in [1.807, 2.05) is 37.3 Å². The Kier molecular flexibility index (Phi) is 7.16. The first-order valence-corrected chi connectivity index (χ1v) is 6.94. The third-order valence-corrected chi connectivity index (χ3v) is 3.12. The molecule has 18 heavy (non-hydrogen) atoms. The van der Waals surface area contributed by atoms with Gasteiger partial charge in [-0.2, -0.15) is 0 Å². The largest absolute Gasteiger partial charge is 0.461 e. The summed E-state index contributed by atoms with van der Waals surface area (Å²) in [5.41, 5.74) is 1.05. The quantitative estimate of drug-likeness (QED) is 0.505. The van der Waals surface area contributed by atoms with Crippen molar-refractivity contribution in [3.63, 3.8) is 0 Å². The zero-order chi connectivity index (χ0) is 13.2. The molecule has 0 saturated heterocycles. The smallest absolute Gasteiger partial charge is 0.308 e. The highest BCUT2D eigenvalue weighted by Crippen LogP contribution is 2.13. The number of rotatable bonds is 8. The van der Waals surface area contributed by atoms with Crippen LogP contribution in [0, 0.1) is 5.92 Å². The molecule has 0 bridgehead atoms. The standard InChI is InChI=1S/C16H24O2/c1-3-4-5-7-10-14(2)16(17)18-13-15-11-8-6-9-12-15/h6,8-9,11-12,14H,3-5,7,10,13H2,1-2H3/t14-/m1/s1. The van der Waals surface area contributed by atoms with Crippen LogP contribution in [0.25, 0.3) is 0 Å². The molecule has 0 amide bonds. The van der Waals surface area contributed by atoms with Gasteiger partial charge in [-0.15, -0.1) is 0 Å². The van der Waals surface area contributed by atoms with E-state index in [0.717, 1.165) is 18.4 Å². The number of benzene rings is 1. The van der Waals surface area contributed by atoms with Crippen LogP contribution in [-0.2, 0) is 16.1 Å². The molecule has 0 heterocycles. The van der Waals surface area contributed by atoms with Gasteiger partial charge < -0.3 is 4.74 Å². The summed E-state index contributed by atoms with van der Waals surface area (Å²) in [4.78, 5) is 11.8. The molecular weight excluding hydrogens is 224 g/mol. The predicted octanol–water partition coefficient (Wildman–Crippen LogP) is 4.34. The zero-order valence-electron chi connectivity index (χ0n) is 11.5.